The monoisotopic (exact) mass is 389 g/mol. The lowest BCUT2D eigenvalue weighted by Crippen LogP contribution is -2.34. The SMILES string of the molecule is CCOC(=O)c1c(C)[nH]c(C)c1C(=O)CN(C)CC(=O)Nc1cccc(F)c1. The van der Waals surface area contributed by atoms with Crippen LogP contribution in [0.15, 0.2) is 24.3 Å². The van der Waals surface area contributed by atoms with Crippen LogP contribution in [0.3, 0.4) is 0 Å². The number of carbonyl (C=O) groups excluding carboxylic acids is 3. The number of ketones is 1. The number of hydrogen-bond donors (Lipinski definition) is 2. The van der Waals surface area contributed by atoms with E-state index in [9.17, 15) is 18.8 Å². The van der Waals surface area contributed by atoms with Crippen molar-refractivity contribution in [2.45, 2.75) is 20.8 Å². The van der Waals surface area contributed by atoms with Gasteiger partial charge in [0.15, 0.2) is 5.78 Å². The lowest BCUT2D eigenvalue weighted by molar-refractivity contribution is -0.116. The van der Waals surface area contributed by atoms with Gasteiger partial charge in [0.2, 0.25) is 5.91 Å². The van der Waals surface area contributed by atoms with Crippen LogP contribution in [0.5, 0.6) is 0 Å². The number of carbonyl (C=O) groups is 3. The fraction of sp³-hybridized carbons (Fsp3) is 0.350. The maximum atomic E-state index is 13.2. The number of halogens is 1. The van der Waals surface area contributed by atoms with Gasteiger partial charge < -0.3 is 15.0 Å². The number of esters is 1. The minimum Gasteiger partial charge on any atom is -0.462 e. The predicted octanol–water partition coefficient (Wildman–Crippen LogP) is 2.70. The summed E-state index contributed by atoms with van der Waals surface area (Å²) in [5.74, 6) is -1.69. The summed E-state index contributed by atoms with van der Waals surface area (Å²) in [6, 6.07) is 5.55. The standard InChI is InChI=1S/C20H24FN3O4/c1-5-28-20(27)19-13(3)22-12(2)18(19)16(25)10-24(4)11-17(26)23-15-8-6-7-14(21)9-15/h6-9,22H,5,10-11H2,1-4H3,(H,23,26). The second kappa shape index (κ2) is 9.27. The van der Waals surface area contributed by atoms with Gasteiger partial charge in [0.1, 0.15) is 5.82 Å². The van der Waals surface area contributed by atoms with Crippen LogP contribution in [0.4, 0.5) is 10.1 Å². The Labute approximate surface area is 162 Å². The molecule has 2 aromatic rings. The first-order valence-electron chi connectivity index (χ1n) is 8.86. The van der Waals surface area contributed by atoms with Crippen LogP contribution in [0.25, 0.3) is 0 Å². The maximum Gasteiger partial charge on any atom is 0.340 e. The van der Waals surface area contributed by atoms with Crippen molar-refractivity contribution >= 4 is 23.3 Å². The van der Waals surface area contributed by atoms with Gasteiger partial charge in [0, 0.05) is 17.1 Å². The third kappa shape index (κ3) is 5.26. The van der Waals surface area contributed by atoms with E-state index in [0.717, 1.165) is 0 Å². The first-order chi connectivity index (χ1) is 13.2. The molecule has 8 heteroatoms. The Morgan fingerprint density at radius 2 is 1.82 bits per heavy atom. The number of likely N-dealkylation sites (N-methyl/N-ethyl adjacent to an activating group) is 1. The van der Waals surface area contributed by atoms with Crippen molar-refractivity contribution in [3.63, 3.8) is 0 Å². The molecule has 1 heterocycles. The van der Waals surface area contributed by atoms with E-state index in [-0.39, 0.29) is 42.5 Å². The number of H-pyrrole nitrogens is 1. The molecular weight excluding hydrogens is 365 g/mol. The second-order valence-corrected chi connectivity index (χ2v) is 6.50. The number of aromatic amines is 1. The van der Waals surface area contributed by atoms with Crippen LogP contribution in [0.1, 0.15) is 39.0 Å². The number of ether oxygens (including phenoxy) is 1. The van der Waals surface area contributed by atoms with E-state index in [0.29, 0.717) is 17.1 Å². The Balaban J connectivity index is 2.04. The maximum absolute atomic E-state index is 13.2. The van der Waals surface area contributed by atoms with Crippen molar-refractivity contribution in [2.75, 3.05) is 32.1 Å². The molecule has 150 valence electrons. The van der Waals surface area contributed by atoms with Gasteiger partial charge in [-0.3, -0.25) is 14.5 Å². The Bertz CT molecular complexity index is 892. The Morgan fingerprint density at radius 1 is 1.14 bits per heavy atom. The number of nitrogens with one attached hydrogen (secondary N) is 2. The van der Waals surface area contributed by atoms with Gasteiger partial charge in [-0.05, 0) is 46.0 Å². The second-order valence-electron chi connectivity index (χ2n) is 6.50. The Hall–Kier alpha value is -3.00. The van der Waals surface area contributed by atoms with E-state index >= 15 is 0 Å². The minimum atomic E-state index is -0.556. The van der Waals surface area contributed by atoms with Crippen LogP contribution in [0, 0.1) is 19.7 Å². The summed E-state index contributed by atoms with van der Waals surface area (Å²) >= 11 is 0. The molecule has 0 radical (unpaired) electrons. The first-order valence-corrected chi connectivity index (χ1v) is 8.86. The van der Waals surface area contributed by atoms with E-state index in [1.807, 2.05) is 0 Å². The van der Waals surface area contributed by atoms with Crippen molar-refractivity contribution in [1.29, 1.82) is 0 Å². The zero-order valence-electron chi connectivity index (χ0n) is 16.4. The lowest BCUT2D eigenvalue weighted by atomic mass is 10.0. The van der Waals surface area contributed by atoms with Crippen molar-refractivity contribution in [1.82, 2.24) is 9.88 Å². The molecule has 0 unspecified atom stereocenters. The number of anilines is 1. The van der Waals surface area contributed by atoms with Crippen LogP contribution in [-0.4, -0.2) is 54.3 Å². The van der Waals surface area contributed by atoms with Gasteiger partial charge >= 0.3 is 5.97 Å². The quantitative estimate of drug-likeness (QED) is 0.535. The zero-order valence-corrected chi connectivity index (χ0v) is 16.4. The topological polar surface area (TPSA) is 91.5 Å². The number of Topliss-reactive ketones (excluding diaryl/α,β-unsaturated/α-hetero) is 1. The molecule has 2 N–H and O–H groups in total. The summed E-state index contributed by atoms with van der Waals surface area (Å²) in [6.07, 6.45) is 0. The molecular formula is C20H24FN3O4. The molecule has 1 aromatic carbocycles. The van der Waals surface area contributed by atoms with Crippen LogP contribution in [0.2, 0.25) is 0 Å². The molecule has 28 heavy (non-hydrogen) atoms. The van der Waals surface area contributed by atoms with Gasteiger partial charge in [-0.15, -0.1) is 0 Å². The fourth-order valence-electron chi connectivity index (χ4n) is 2.98. The molecule has 0 saturated carbocycles. The number of benzene rings is 1. The normalized spacial score (nSPS) is 10.8. The van der Waals surface area contributed by atoms with Gasteiger partial charge in [0.05, 0.1) is 30.8 Å². The van der Waals surface area contributed by atoms with E-state index in [4.69, 9.17) is 4.74 Å². The largest absolute Gasteiger partial charge is 0.462 e. The highest BCUT2D eigenvalue weighted by atomic mass is 19.1. The minimum absolute atomic E-state index is 0.0683. The average molecular weight is 389 g/mol. The van der Waals surface area contributed by atoms with E-state index in [1.165, 1.54) is 23.1 Å². The van der Waals surface area contributed by atoms with Crippen LogP contribution < -0.4 is 5.32 Å². The molecule has 0 bridgehead atoms. The third-order valence-corrected chi connectivity index (χ3v) is 4.07. The third-order valence-electron chi connectivity index (χ3n) is 4.07. The molecule has 0 aliphatic carbocycles. The van der Waals surface area contributed by atoms with E-state index in [1.54, 1.807) is 33.9 Å². The van der Waals surface area contributed by atoms with E-state index < -0.39 is 11.8 Å². The molecule has 7 nitrogen and oxygen atoms in total. The predicted molar refractivity (Wildman–Crippen MR) is 103 cm³/mol. The van der Waals surface area contributed by atoms with Crippen molar-refractivity contribution in [3.8, 4) is 0 Å². The summed E-state index contributed by atoms with van der Waals surface area (Å²) in [6.45, 7) is 5.17. The summed E-state index contributed by atoms with van der Waals surface area (Å²) < 4.78 is 18.2. The van der Waals surface area contributed by atoms with Crippen molar-refractivity contribution in [3.05, 3.63) is 52.6 Å². The van der Waals surface area contributed by atoms with Gasteiger partial charge in [0.25, 0.3) is 0 Å². The summed E-state index contributed by atoms with van der Waals surface area (Å²) in [5.41, 5.74) is 1.97. The summed E-state index contributed by atoms with van der Waals surface area (Å²) in [7, 11) is 1.61. The fourth-order valence-corrected chi connectivity index (χ4v) is 2.98. The summed E-state index contributed by atoms with van der Waals surface area (Å²) in [5, 5.41) is 2.58. The van der Waals surface area contributed by atoms with Gasteiger partial charge in [-0.1, -0.05) is 6.07 Å². The number of rotatable bonds is 8. The Morgan fingerprint density at radius 3 is 2.46 bits per heavy atom. The molecule has 0 spiro atoms. The summed E-state index contributed by atoms with van der Waals surface area (Å²) in [4.78, 5) is 41.6. The molecule has 1 amide bonds. The molecule has 2 rings (SSSR count). The van der Waals surface area contributed by atoms with Gasteiger partial charge in [-0.2, -0.15) is 0 Å². The molecule has 0 atom stereocenters. The molecule has 0 aliphatic rings. The highest BCUT2D eigenvalue weighted by molar-refractivity contribution is 6.09. The first kappa shape index (κ1) is 21.3. The van der Waals surface area contributed by atoms with Crippen molar-refractivity contribution < 1.29 is 23.5 Å². The molecule has 0 aliphatic heterocycles. The lowest BCUT2D eigenvalue weighted by Gasteiger charge is -2.16. The van der Waals surface area contributed by atoms with Crippen LogP contribution >= 0.6 is 0 Å². The number of aryl methyl sites for hydroxylation is 2. The molecule has 1 aromatic heterocycles. The smallest absolute Gasteiger partial charge is 0.340 e. The Kier molecular flexibility index (Phi) is 7.06. The number of aromatic nitrogens is 1. The van der Waals surface area contributed by atoms with Crippen molar-refractivity contribution in [2.24, 2.45) is 0 Å². The highest BCUT2D eigenvalue weighted by Gasteiger charge is 2.26. The zero-order chi connectivity index (χ0) is 20.8. The number of amides is 1. The van der Waals surface area contributed by atoms with E-state index in [2.05, 4.69) is 10.3 Å². The van der Waals surface area contributed by atoms with Gasteiger partial charge in [-0.25, -0.2) is 9.18 Å². The highest BCUT2D eigenvalue weighted by Crippen LogP contribution is 2.20. The molecule has 0 fully saturated rings. The average Bonchev–Trinajstić information content (AvgIpc) is 2.88. The number of hydrogen-bond acceptors (Lipinski definition) is 5. The van der Waals surface area contributed by atoms with Crippen LogP contribution in [-0.2, 0) is 9.53 Å². The molecule has 0 saturated heterocycles. The number of nitrogens with zero attached hydrogens (tertiary/aromatic N) is 1.